The zero-order valence-electron chi connectivity index (χ0n) is 6.42. The van der Waals surface area contributed by atoms with Crippen LogP contribution in [0.4, 0.5) is 0 Å². The molecule has 1 fully saturated rings. The Morgan fingerprint density at radius 1 is 1.00 bits per heavy atom. The summed E-state index contributed by atoms with van der Waals surface area (Å²) in [6, 6.07) is 0. The highest BCUT2D eigenvalue weighted by molar-refractivity contribution is 9.47. The van der Waals surface area contributed by atoms with Gasteiger partial charge in [0.05, 0.1) is 20.1 Å². The van der Waals surface area contributed by atoms with E-state index >= 15 is 0 Å². The lowest BCUT2D eigenvalue weighted by molar-refractivity contribution is 0.579. The molecule has 4 heteroatoms. The molecule has 0 spiro atoms. The lowest BCUT2D eigenvalue weighted by atomic mass is 10.2. The smallest absolute Gasteiger partial charge is 0.212 e. The Morgan fingerprint density at radius 2 is 1.45 bits per heavy atom. The number of halogens is 1. The standard InChI is InChI=1S/C7H13BrO2S/c8-11(9,10)7-5-3-1-2-4-6-7/h7H,1-6H2. The Labute approximate surface area is 75.5 Å². The minimum absolute atomic E-state index is 0.120. The molecule has 1 rings (SSSR count). The van der Waals surface area contributed by atoms with Crippen molar-refractivity contribution in [3.05, 3.63) is 0 Å². The first-order valence-electron chi connectivity index (χ1n) is 4.04. The maximum Gasteiger partial charge on any atom is 0.212 e. The zero-order valence-corrected chi connectivity index (χ0v) is 8.83. The van der Waals surface area contributed by atoms with Gasteiger partial charge in [0.15, 0.2) is 0 Å². The van der Waals surface area contributed by atoms with Gasteiger partial charge in [0.2, 0.25) is 8.27 Å². The predicted octanol–water partition coefficient (Wildman–Crippen LogP) is 2.43. The Hall–Kier alpha value is 0.430. The molecule has 1 aliphatic carbocycles. The van der Waals surface area contributed by atoms with Gasteiger partial charge in [0.1, 0.15) is 0 Å². The fourth-order valence-electron chi connectivity index (χ4n) is 1.52. The fourth-order valence-corrected chi connectivity index (χ4v) is 3.54. The van der Waals surface area contributed by atoms with Crippen LogP contribution >= 0.6 is 14.8 Å². The minimum Gasteiger partial charge on any atom is -0.217 e. The van der Waals surface area contributed by atoms with Crippen molar-refractivity contribution in [1.29, 1.82) is 0 Å². The highest BCUT2D eigenvalue weighted by Gasteiger charge is 2.22. The molecular weight excluding hydrogens is 228 g/mol. The van der Waals surface area contributed by atoms with Gasteiger partial charge in [-0.2, -0.15) is 0 Å². The van der Waals surface area contributed by atoms with Gasteiger partial charge in [-0.3, -0.25) is 0 Å². The Balaban J connectivity index is 2.57. The molecule has 0 radical (unpaired) electrons. The van der Waals surface area contributed by atoms with Crippen LogP contribution in [-0.2, 0) is 8.27 Å². The third kappa shape index (κ3) is 3.11. The first kappa shape index (κ1) is 9.52. The van der Waals surface area contributed by atoms with Crippen LogP contribution in [-0.4, -0.2) is 13.7 Å². The van der Waals surface area contributed by atoms with E-state index in [2.05, 4.69) is 14.8 Å². The molecule has 0 aromatic carbocycles. The zero-order chi connectivity index (χ0) is 8.32. The average Bonchev–Trinajstić information content (AvgIpc) is 2.10. The minimum atomic E-state index is -2.94. The van der Waals surface area contributed by atoms with E-state index in [-0.39, 0.29) is 5.25 Å². The van der Waals surface area contributed by atoms with Crippen LogP contribution in [0.1, 0.15) is 38.5 Å². The first-order chi connectivity index (χ1) is 5.11. The van der Waals surface area contributed by atoms with Gasteiger partial charge in [0, 0.05) is 0 Å². The second-order valence-corrected chi connectivity index (χ2v) is 7.41. The summed E-state index contributed by atoms with van der Waals surface area (Å²) in [5.41, 5.74) is 0. The fraction of sp³-hybridized carbons (Fsp3) is 1.00. The molecule has 0 atom stereocenters. The third-order valence-corrected chi connectivity index (χ3v) is 5.05. The SMILES string of the molecule is O=S(=O)(Br)C1CCCCCC1. The van der Waals surface area contributed by atoms with Gasteiger partial charge < -0.3 is 0 Å². The third-order valence-electron chi connectivity index (χ3n) is 2.20. The van der Waals surface area contributed by atoms with Crippen molar-refractivity contribution in [2.75, 3.05) is 0 Å². The van der Waals surface area contributed by atoms with Gasteiger partial charge >= 0.3 is 0 Å². The van der Waals surface area contributed by atoms with Gasteiger partial charge in [0.25, 0.3) is 0 Å². The Morgan fingerprint density at radius 3 is 1.82 bits per heavy atom. The molecule has 0 N–H and O–H groups in total. The molecule has 0 unspecified atom stereocenters. The lowest BCUT2D eigenvalue weighted by Gasteiger charge is -2.08. The largest absolute Gasteiger partial charge is 0.217 e. The Kier molecular flexibility index (Phi) is 3.37. The molecule has 0 bridgehead atoms. The van der Waals surface area contributed by atoms with Crippen molar-refractivity contribution in [3.8, 4) is 0 Å². The van der Waals surface area contributed by atoms with E-state index in [1.165, 1.54) is 12.8 Å². The summed E-state index contributed by atoms with van der Waals surface area (Å²) in [4.78, 5) is 0. The second kappa shape index (κ2) is 3.90. The number of hydrogen-bond donors (Lipinski definition) is 0. The molecule has 2 nitrogen and oxygen atoms in total. The van der Waals surface area contributed by atoms with E-state index in [1.807, 2.05) is 0 Å². The molecule has 0 aromatic heterocycles. The highest BCUT2D eigenvalue weighted by Crippen LogP contribution is 2.25. The van der Waals surface area contributed by atoms with Crippen molar-refractivity contribution in [2.24, 2.45) is 0 Å². The van der Waals surface area contributed by atoms with Crippen molar-refractivity contribution < 1.29 is 8.42 Å². The van der Waals surface area contributed by atoms with E-state index in [4.69, 9.17) is 0 Å². The summed E-state index contributed by atoms with van der Waals surface area (Å²) in [6.45, 7) is 0. The van der Waals surface area contributed by atoms with Crippen LogP contribution in [0.25, 0.3) is 0 Å². The summed E-state index contributed by atoms with van der Waals surface area (Å²) >= 11 is 2.75. The predicted molar refractivity (Wildman–Crippen MR) is 49.3 cm³/mol. The molecule has 1 saturated carbocycles. The van der Waals surface area contributed by atoms with Gasteiger partial charge in [-0.1, -0.05) is 25.7 Å². The molecule has 0 amide bonds. The molecule has 0 aliphatic heterocycles. The van der Waals surface area contributed by atoms with Crippen LogP contribution in [0.2, 0.25) is 0 Å². The molecule has 0 heterocycles. The van der Waals surface area contributed by atoms with Gasteiger partial charge in [-0.05, 0) is 12.8 Å². The maximum absolute atomic E-state index is 11.1. The average molecular weight is 241 g/mol. The van der Waals surface area contributed by atoms with E-state index in [0.717, 1.165) is 25.7 Å². The highest BCUT2D eigenvalue weighted by atomic mass is 79.9. The van der Waals surface area contributed by atoms with Crippen LogP contribution in [0.15, 0.2) is 0 Å². The van der Waals surface area contributed by atoms with Crippen LogP contribution < -0.4 is 0 Å². The summed E-state index contributed by atoms with van der Waals surface area (Å²) in [5.74, 6) is 0. The summed E-state index contributed by atoms with van der Waals surface area (Å²) < 4.78 is 22.1. The van der Waals surface area contributed by atoms with Gasteiger partial charge in [-0.15, -0.1) is 0 Å². The van der Waals surface area contributed by atoms with Crippen molar-refractivity contribution in [3.63, 3.8) is 0 Å². The number of hydrogen-bond acceptors (Lipinski definition) is 2. The Bertz CT molecular complexity index is 202. The number of rotatable bonds is 1. The topological polar surface area (TPSA) is 34.1 Å². The summed E-state index contributed by atoms with van der Waals surface area (Å²) in [5, 5.41) is -0.120. The lowest BCUT2D eigenvalue weighted by Crippen LogP contribution is -2.14. The molecule has 0 aromatic rings. The van der Waals surface area contributed by atoms with Crippen LogP contribution in [0, 0.1) is 0 Å². The van der Waals surface area contributed by atoms with E-state index in [1.54, 1.807) is 0 Å². The van der Waals surface area contributed by atoms with Crippen molar-refractivity contribution in [1.82, 2.24) is 0 Å². The van der Waals surface area contributed by atoms with E-state index in [0.29, 0.717) is 0 Å². The molecule has 1 aliphatic rings. The normalized spacial score (nSPS) is 23.0. The quantitative estimate of drug-likeness (QED) is 0.522. The monoisotopic (exact) mass is 240 g/mol. The van der Waals surface area contributed by atoms with Crippen molar-refractivity contribution in [2.45, 2.75) is 43.8 Å². The molecule has 66 valence electrons. The van der Waals surface area contributed by atoms with Crippen LogP contribution in [0.3, 0.4) is 0 Å². The van der Waals surface area contributed by atoms with E-state index < -0.39 is 8.27 Å². The first-order valence-corrected chi connectivity index (χ1v) is 7.43. The van der Waals surface area contributed by atoms with Crippen molar-refractivity contribution >= 4 is 23.1 Å². The maximum atomic E-state index is 11.1. The van der Waals surface area contributed by atoms with Crippen LogP contribution in [0.5, 0.6) is 0 Å². The summed E-state index contributed by atoms with van der Waals surface area (Å²) in [6.07, 6.45) is 6.20. The summed E-state index contributed by atoms with van der Waals surface area (Å²) in [7, 11) is -2.94. The van der Waals surface area contributed by atoms with Gasteiger partial charge in [-0.25, -0.2) is 8.42 Å². The second-order valence-electron chi connectivity index (χ2n) is 3.09. The molecule has 11 heavy (non-hydrogen) atoms. The van der Waals surface area contributed by atoms with E-state index in [9.17, 15) is 8.42 Å². The molecular formula is C7H13BrO2S. The molecule has 0 saturated heterocycles.